The highest BCUT2D eigenvalue weighted by Crippen LogP contribution is 2.27. The van der Waals surface area contributed by atoms with Crippen LogP contribution in [0.5, 0.6) is 11.5 Å². The van der Waals surface area contributed by atoms with E-state index in [0.29, 0.717) is 0 Å². The molecule has 0 radical (unpaired) electrons. The van der Waals surface area contributed by atoms with E-state index >= 15 is 0 Å². The van der Waals surface area contributed by atoms with E-state index in [1.807, 2.05) is 0 Å². The molecule has 11 heteroatoms. The van der Waals surface area contributed by atoms with Crippen molar-refractivity contribution in [3.05, 3.63) is 51.4 Å². The van der Waals surface area contributed by atoms with Crippen LogP contribution in [-0.4, -0.2) is 21.4 Å². The van der Waals surface area contributed by atoms with Crippen molar-refractivity contribution in [1.82, 2.24) is 0 Å². The van der Waals surface area contributed by atoms with Crippen molar-refractivity contribution in [2.75, 3.05) is 0 Å². The maximum absolute atomic E-state index is 11.8. The molecule has 0 saturated carbocycles. The van der Waals surface area contributed by atoms with Crippen molar-refractivity contribution < 1.29 is 29.8 Å². The Morgan fingerprint density at radius 2 is 1.35 bits per heavy atom. The Morgan fingerprint density at radius 3 is 1.91 bits per heavy atom. The van der Waals surface area contributed by atoms with E-state index in [-0.39, 0.29) is 16.0 Å². The van der Waals surface area contributed by atoms with Gasteiger partial charge < -0.3 is 8.37 Å². The van der Waals surface area contributed by atoms with Crippen LogP contribution < -0.4 is 8.37 Å². The first kappa shape index (κ1) is 18.2. The molecule has 0 atom stereocenters. The van der Waals surface area contributed by atoms with Crippen LogP contribution in [0.25, 0.3) is 0 Å². The lowest BCUT2D eigenvalue weighted by molar-refractivity contribution is 0.391. The summed E-state index contributed by atoms with van der Waals surface area (Å²) >= 11 is 6.12. The summed E-state index contributed by atoms with van der Waals surface area (Å²) in [5, 5.41) is 0. The lowest BCUT2D eigenvalue weighted by Crippen LogP contribution is -2.16. The van der Waals surface area contributed by atoms with Gasteiger partial charge in [0.2, 0.25) is 0 Å². The molecule has 0 amide bonds. The molecule has 0 aliphatic rings. The van der Waals surface area contributed by atoms with E-state index < -0.39 is 25.4 Å². The molecule has 0 heterocycles. The van der Waals surface area contributed by atoms with Gasteiger partial charge in [-0.1, -0.05) is 15.9 Å². The van der Waals surface area contributed by atoms with E-state index in [1.165, 1.54) is 24.3 Å². The van der Waals surface area contributed by atoms with E-state index in [2.05, 4.69) is 36.0 Å². The SMILES string of the molecule is O=S(=O)(Oc1ccc(Br)cc1)Oc1ccc(Br)c(S(=O)(=O)O)c1. The van der Waals surface area contributed by atoms with Crippen LogP contribution in [0.1, 0.15) is 0 Å². The Bertz CT molecular complexity index is 922. The molecule has 0 saturated heterocycles. The zero-order valence-corrected chi connectivity index (χ0v) is 15.8. The smallest absolute Gasteiger partial charge is 0.353 e. The van der Waals surface area contributed by atoms with Crippen LogP contribution in [0.3, 0.4) is 0 Å². The van der Waals surface area contributed by atoms with E-state index in [9.17, 15) is 16.8 Å². The highest BCUT2D eigenvalue weighted by atomic mass is 79.9. The summed E-state index contributed by atoms with van der Waals surface area (Å²) < 4.78 is 65.2. The van der Waals surface area contributed by atoms with Gasteiger partial charge in [0.1, 0.15) is 16.4 Å². The maximum Gasteiger partial charge on any atom is 0.500 e. The normalized spacial score (nSPS) is 12.0. The minimum atomic E-state index is -4.54. The summed E-state index contributed by atoms with van der Waals surface area (Å²) in [5.41, 5.74) is 0. The first-order valence-electron chi connectivity index (χ1n) is 5.73. The maximum atomic E-state index is 11.8. The molecule has 2 aromatic rings. The molecule has 124 valence electrons. The van der Waals surface area contributed by atoms with Crippen molar-refractivity contribution >= 4 is 52.4 Å². The van der Waals surface area contributed by atoms with Gasteiger partial charge in [0.05, 0.1) is 0 Å². The first-order chi connectivity index (χ1) is 10.6. The molecule has 0 aliphatic carbocycles. The first-order valence-corrected chi connectivity index (χ1v) is 10.1. The van der Waals surface area contributed by atoms with Gasteiger partial charge in [-0.2, -0.15) is 8.42 Å². The molecule has 23 heavy (non-hydrogen) atoms. The number of benzene rings is 2. The van der Waals surface area contributed by atoms with Crippen molar-refractivity contribution in [2.45, 2.75) is 4.90 Å². The minimum absolute atomic E-state index is 0.0142. The van der Waals surface area contributed by atoms with Crippen molar-refractivity contribution in [3.63, 3.8) is 0 Å². The van der Waals surface area contributed by atoms with Gasteiger partial charge in [-0.3, -0.25) is 4.55 Å². The zero-order valence-electron chi connectivity index (χ0n) is 11.0. The van der Waals surface area contributed by atoms with E-state index in [0.717, 1.165) is 10.5 Å². The predicted octanol–water partition coefficient (Wildman–Crippen LogP) is 3.16. The molecule has 0 spiro atoms. The van der Waals surface area contributed by atoms with Crippen LogP contribution in [0.2, 0.25) is 0 Å². The van der Waals surface area contributed by atoms with Crippen molar-refractivity contribution in [2.24, 2.45) is 0 Å². The molecule has 0 unspecified atom stereocenters. The molecule has 1 N–H and O–H groups in total. The van der Waals surface area contributed by atoms with Gasteiger partial charge in [0.25, 0.3) is 10.1 Å². The Kier molecular flexibility index (Phi) is 5.36. The lowest BCUT2D eigenvalue weighted by Gasteiger charge is -2.09. The highest BCUT2D eigenvalue weighted by Gasteiger charge is 2.20. The van der Waals surface area contributed by atoms with Crippen LogP contribution in [0.15, 0.2) is 56.3 Å². The lowest BCUT2D eigenvalue weighted by atomic mass is 10.3. The second kappa shape index (κ2) is 6.77. The van der Waals surface area contributed by atoms with Crippen LogP contribution in [-0.2, 0) is 20.5 Å². The molecule has 0 aromatic heterocycles. The standard InChI is InChI=1S/C12H8Br2O7S2/c13-8-1-3-9(4-2-8)20-23(18,19)21-10-5-6-11(14)12(7-10)22(15,16)17/h1-7H,(H,15,16,17). The largest absolute Gasteiger partial charge is 0.500 e. The number of hydrogen-bond donors (Lipinski definition) is 1. The average molecular weight is 488 g/mol. The van der Waals surface area contributed by atoms with Gasteiger partial charge >= 0.3 is 10.4 Å². The Hall–Kier alpha value is -1.14. The fraction of sp³-hybridized carbons (Fsp3) is 0. The van der Waals surface area contributed by atoms with E-state index in [1.54, 1.807) is 12.1 Å². The molecule has 0 bridgehead atoms. The average Bonchev–Trinajstić information content (AvgIpc) is 2.42. The molecule has 0 aliphatic heterocycles. The minimum Gasteiger partial charge on any atom is -0.353 e. The van der Waals surface area contributed by atoms with Gasteiger partial charge in [0, 0.05) is 15.0 Å². The van der Waals surface area contributed by atoms with Gasteiger partial charge in [0.15, 0.2) is 0 Å². The van der Waals surface area contributed by atoms with Crippen LogP contribution in [0, 0.1) is 0 Å². The number of halogens is 2. The molecular formula is C12H8Br2O7S2. The number of rotatable bonds is 5. The third-order valence-corrected chi connectivity index (χ3v) is 5.56. The Labute approximate surface area is 149 Å². The summed E-state index contributed by atoms with van der Waals surface area (Å²) in [4.78, 5) is -0.533. The summed E-state index contributed by atoms with van der Waals surface area (Å²) in [6, 6.07) is 9.20. The summed E-state index contributed by atoms with van der Waals surface area (Å²) in [6.07, 6.45) is 0. The zero-order chi connectivity index (χ0) is 17.3. The third kappa shape index (κ3) is 5.18. The molecule has 2 rings (SSSR count). The third-order valence-electron chi connectivity index (χ3n) is 2.39. The number of hydrogen-bond acceptors (Lipinski definition) is 6. The monoisotopic (exact) mass is 486 g/mol. The second-order valence-electron chi connectivity index (χ2n) is 4.10. The van der Waals surface area contributed by atoms with Gasteiger partial charge in [-0.15, -0.1) is 8.42 Å². The topological polar surface area (TPSA) is 107 Å². The summed E-state index contributed by atoms with van der Waals surface area (Å²) in [5.74, 6) is -0.321. The Balaban J connectivity index is 2.25. The van der Waals surface area contributed by atoms with Gasteiger partial charge in [-0.25, -0.2) is 0 Å². The highest BCUT2D eigenvalue weighted by molar-refractivity contribution is 9.10. The molecule has 7 nitrogen and oxygen atoms in total. The Morgan fingerprint density at radius 1 is 0.826 bits per heavy atom. The van der Waals surface area contributed by atoms with E-state index in [4.69, 9.17) is 8.74 Å². The second-order valence-corrected chi connectivity index (χ2v) is 8.41. The van der Waals surface area contributed by atoms with Crippen LogP contribution >= 0.6 is 31.9 Å². The van der Waals surface area contributed by atoms with Crippen molar-refractivity contribution in [3.8, 4) is 11.5 Å². The van der Waals surface area contributed by atoms with Crippen molar-refractivity contribution in [1.29, 1.82) is 0 Å². The fourth-order valence-electron chi connectivity index (χ4n) is 1.48. The van der Waals surface area contributed by atoms with Gasteiger partial charge in [-0.05, 0) is 52.3 Å². The quantitative estimate of drug-likeness (QED) is 0.645. The molecule has 0 fully saturated rings. The summed E-state index contributed by atoms with van der Waals surface area (Å²) in [7, 11) is -9.03. The summed E-state index contributed by atoms with van der Waals surface area (Å²) in [6.45, 7) is 0. The van der Waals surface area contributed by atoms with Crippen LogP contribution in [0.4, 0.5) is 0 Å². The predicted molar refractivity (Wildman–Crippen MR) is 88.3 cm³/mol. The molecular weight excluding hydrogens is 480 g/mol. The fourth-order valence-corrected chi connectivity index (χ4v) is 3.90. The molecule has 2 aromatic carbocycles.